The van der Waals surface area contributed by atoms with Gasteiger partial charge in [-0.25, -0.2) is 0 Å². The van der Waals surface area contributed by atoms with E-state index < -0.39 is 0 Å². The number of ether oxygens (including phenoxy) is 1. The van der Waals surface area contributed by atoms with Gasteiger partial charge in [0.2, 0.25) is 0 Å². The van der Waals surface area contributed by atoms with Crippen LogP contribution in [0, 0.1) is 20.8 Å². The first-order valence-electron chi connectivity index (χ1n) is 4.99. The SMILES string of the molecule is CNC(Br)c1cc(C)c(OC)c(C)c1C. The fourth-order valence-electron chi connectivity index (χ4n) is 1.82. The number of hydrogen-bond donors (Lipinski definition) is 1. The largest absolute Gasteiger partial charge is 0.496 e. The van der Waals surface area contributed by atoms with Crippen molar-refractivity contribution in [1.29, 1.82) is 0 Å². The van der Waals surface area contributed by atoms with E-state index in [9.17, 15) is 0 Å². The maximum Gasteiger partial charge on any atom is 0.124 e. The Kier molecular flexibility index (Phi) is 4.17. The van der Waals surface area contributed by atoms with Gasteiger partial charge in [-0.2, -0.15) is 0 Å². The molecule has 1 unspecified atom stereocenters. The molecule has 1 rings (SSSR count). The number of aryl methyl sites for hydroxylation is 1. The Morgan fingerprint density at radius 1 is 1.27 bits per heavy atom. The number of hydrogen-bond acceptors (Lipinski definition) is 2. The monoisotopic (exact) mass is 271 g/mol. The first-order valence-corrected chi connectivity index (χ1v) is 5.90. The summed E-state index contributed by atoms with van der Waals surface area (Å²) in [5.41, 5.74) is 4.93. The lowest BCUT2D eigenvalue weighted by Crippen LogP contribution is -2.12. The van der Waals surface area contributed by atoms with E-state index in [2.05, 4.69) is 48.1 Å². The van der Waals surface area contributed by atoms with Crippen molar-refractivity contribution in [2.45, 2.75) is 25.7 Å². The van der Waals surface area contributed by atoms with Crippen LogP contribution in [0.15, 0.2) is 6.07 Å². The Balaban J connectivity index is 3.33. The lowest BCUT2D eigenvalue weighted by Gasteiger charge is -2.18. The first kappa shape index (κ1) is 12.5. The van der Waals surface area contributed by atoms with Gasteiger partial charge < -0.3 is 10.1 Å². The van der Waals surface area contributed by atoms with Crippen molar-refractivity contribution in [2.75, 3.05) is 14.2 Å². The molecular weight excluding hydrogens is 254 g/mol. The van der Waals surface area contributed by atoms with E-state index in [-0.39, 0.29) is 4.95 Å². The summed E-state index contributed by atoms with van der Waals surface area (Å²) in [6.07, 6.45) is 0. The fourth-order valence-corrected chi connectivity index (χ4v) is 2.30. The standard InChI is InChI=1S/C12H18BrNO/c1-7-6-10(12(13)14-4)8(2)9(3)11(7)15-5/h6,12,14H,1-5H3. The third kappa shape index (κ3) is 2.34. The van der Waals surface area contributed by atoms with Gasteiger partial charge in [0.05, 0.1) is 12.1 Å². The summed E-state index contributed by atoms with van der Waals surface area (Å²) in [6, 6.07) is 2.16. The minimum atomic E-state index is 0.195. The molecule has 0 aliphatic carbocycles. The molecule has 0 saturated heterocycles. The molecule has 0 radical (unpaired) electrons. The maximum atomic E-state index is 5.39. The first-order chi connectivity index (χ1) is 7.02. The van der Waals surface area contributed by atoms with Crippen molar-refractivity contribution in [3.8, 4) is 5.75 Å². The minimum Gasteiger partial charge on any atom is -0.496 e. The van der Waals surface area contributed by atoms with Crippen molar-refractivity contribution in [3.63, 3.8) is 0 Å². The van der Waals surface area contributed by atoms with E-state index in [1.54, 1.807) is 7.11 Å². The molecule has 0 spiro atoms. The molecule has 0 aliphatic rings. The highest BCUT2D eigenvalue weighted by Gasteiger charge is 2.14. The number of alkyl halides is 1. The summed E-state index contributed by atoms with van der Waals surface area (Å²) in [6.45, 7) is 6.29. The zero-order valence-corrected chi connectivity index (χ0v) is 11.5. The molecule has 0 heterocycles. The third-order valence-corrected chi connectivity index (χ3v) is 3.75. The van der Waals surface area contributed by atoms with Gasteiger partial charge in [0.1, 0.15) is 5.75 Å². The quantitative estimate of drug-likeness (QED) is 0.673. The van der Waals surface area contributed by atoms with Gasteiger partial charge >= 0.3 is 0 Å². The van der Waals surface area contributed by atoms with E-state index >= 15 is 0 Å². The Bertz CT molecular complexity index is 363. The van der Waals surface area contributed by atoms with Gasteiger partial charge in [-0.3, -0.25) is 0 Å². The minimum absolute atomic E-state index is 0.195. The molecule has 1 aromatic carbocycles. The third-order valence-electron chi connectivity index (χ3n) is 2.80. The van der Waals surface area contributed by atoms with Crippen LogP contribution in [0.4, 0.5) is 0 Å². The van der Waals surface area contributed by atoms with Crippen LogP contribution in [0.5, 0.6) is 5.75 Å². The van der Waals surface area contributed by atoms with Gasteiger partial charge in [-0.15, -0.1) is 0 Å². The molecule has 0 saturated carbocycles. The maximum absolute atomic E-state index is 5.39. The molecule has 0 bridgehead atoms. The van der Waals surface area contributed by atoms with E-state index in [0.717, 1.165) is 5.75 Å². The highest BCUT2D eigenvalue weighted by molar-refractivity contribution is 9.09. The number of rotatable bonds is 3. The summed E-state index contributed by atoms with van der Waals surface area (Å²) in [4.78, 5) is 0.195. The topological polar surface area (TPSA) is 21.3 Å². The lowest BCUT2D eigenvalue weighted by atomic mass is 9.98. The lowest BCUT2D eigenvalue weighted by molar-refractivity contribution is 0.408. The molecule has 0 fully saturated rings. The van der Waals surface area contributed by atoms with E-state index in [1.165, 1.54) is 22.3 Å². The second kappa shape index (κ2) is 4.99. The van der Waals surface area contributed by atoms with Gasteiger partial charge in [0.15, 0.2) is 0 Å². The Morgan fingerprint density at radius 2 is 1.87 bits per heavy atom. The van der Waals surface area contributed by atoms with Gasteiger partial charge in [-0.05, 0) is 56.1 Å². The van der Waals surface area contributed by atoms with Crippen LogP contribution >= 0.6 is 15.9 Å². The molecule has 0 aliphatic heterocycles. The summed E-state index contributed by atoms with van der Waals surface area (Å²) < 4.78 is 5.39. The zero-order valence-electron chi connectivity index (χ0n) is 9.94. The number of nitrogens with one attached hydrogen (secondary N) is 1. The Labute approximate surface area is 100 Å². The van der Waals surface area contributed by atoms with E-state index in [0.29, 0.717) is 0 Å². The number of benzene rings is 1. The van der Waals surface area contributed by atoms with Crippen molar-refractivity contribution >= 4 is 15.9 Å². The van der Waals surface area contributed by atoms with Gasteiger partial charge in [-0.1, -0.05) is 15.9 Å². The van der Waals surface area contributed by atoms with Crippen LogP contribution in [-0.2, 0) is 0 Å². The fraction of sp³-hybridized carbons (Fsp3) is 0.500. The van der Waals surface area contributed by atoms with E-state index in [1.807, 2.05) is 7.05 Å². The molecule has 3 heteroatoms. The molecular formula is C12H18BrNO. The second-order valence-corrected chi connectivity index (χ2v) is 4.63. The van der Waals surface area contributed by atoms with Crippen LogP contribution in [0.25, 0.3) is 0 Å². The summed E-state index contributed by atoms with van der Waals surface area (Å²) in [5.74, 6) is 0.993. The highest BCUT2D eigenvalue weighted by Crippen LogP contribution is 2.33. The summed E-state index contributed by atoms with van der Waals surface area (Å²) in [5, 5.41) is 3.19. The molecule has 1 N–H and O–H groups in total. The molecule has 0 amide bonds. The zero-order chi connectivity index (χ0) is 11.6. The molecule has 1 aromatic rings. The van der Waals surface area contributed by atoms with E-state index in [4.69, 9.17) is 4.74 Å². The Hall–Kier alpha value is -0.540. The van der Waals surface area contributed by atoms with Crippen molar-refractivity contribution in [3.05, 3.63) is 28.3 Å². The van der Waals surface area contributed by atoms with Crippen LogP contribution in [0.2, 0.25) is 0 Å². The molecule has 15 heavy (non-hydrogen) atoms. The van der Waals surface area contributed by atoms with Crippen molar-refractivity contribution < 1.29 is 4.74 Å². The highest BCUT2D eigenvalue weighted by atomic mass is 79.9. The second-order valence-electron chi connectivity index (χ2n) is 3.72. The normalized spacial score (nSPS) is 12.7. The molecule has 2 nitrogen and oxygen atoms in total. The Morgan fingerprint density at radius 3 is 2.33 bits per heavy atom. The van der Waals surface area contributed by atoms with Crippen LogP contribution < -0.4 is 10.1 Å². The number of halogens is 1. The number of methoxy groups -OCH3 is 1. The predicted molar refractivity (Wildman–Crippen MR) is 67.9 cm³/mol. The summed E-state index contributed by atoms with van der Waals surface area (Å²) in [7, 11) is 3.66. The van der Waals surface area contributed by atoms with Crippen molar-refractivity contribution in [1.82, 2.24) is 5.32 Å². The van der Waals surface area contributed by atoms with Crippen LogP contribution in [0.3, 0.4) is 0 Å². The van der Waals surface area contributed by atoms with Gasteiger partial charge in [0, 0.05) is 0 Å². The van der Waals surface area contributed by atoms with Crippen molar-refractivity contribution in [2.24, 2.45) is 0 Å². The average Bonchev–Trinajstić information content (AvgIpc) is 2.23. The van der Waals surface area contributed by atoms with Gasteiger partial charge in [0.25, 0.3) is 0 Å². The summed E-state index contributed by atoms with van der Waals surface area (Å²) >= 11 is 3.60. The molecule has 1 atom stereocenters. The molecule has 0 aromatic heterocycles. The van der Waals surface area contributed by atoms with Crippen LogP contribution in [-0.4, -0.2) is 14.2 Å². The molecule has 84 valence electrons. The van der Waals surface area contributed by atoms with Crippen LogP contribution in [0.1, 0.15) is 27.2 Å². The average molecular weight is 272 g/mol. The predicted octanol–water partition coefficient (Wildman–Crippen LogP) is 3.23. The smallest absolute Gasteiger partial charge is 0.124 e.